The van der Waals surface area contributed by atoms with Crippen LogP contribution in [0.2, 0.25) is 0 Å². The van der Waals surface area contributed by atoms with Crippen molar-refractivity contribution in [2.24, 2.45) is 12.8 Å². The highest BCUT2D eigenvalue weighted by Gasteiger charge is 2.30. The first-order chi connectivity index (χ1) is 16.5. The van der Waals surface area contributed by atoms with Gasteiger partial charge in [0.1, 0.15) is 17.6 Å². The van der Waals surface area contributed by atoms with Crippen molar-refractivity contribution in [3.05, 3.63) is 54.0 Å². The molecule has 2 aromatic heterocycles. The van der Waals surface area contributed by atoms with Gasteiger partial charge in [-0.2, -0.15) is 15.5 Å². The van der Waals surface area contributed by atoms with Crippen molar-refractivity contribution in [2.45, 2.75) is 44.7 Å². The number of ether oxygens (including phenoxy) is 1. The molecule has 7 nitrogen and oxygen atoms in total. The topological polar surface area (TPSA) is 94.7 Å². The van der Waals surface area contributed by atoms with Gasteiger partial charge >= 0.3 is 0 Å². The van der Waals surface area contributed by atoms with Crippen LogP contribution in [0.3, 0.4) is 0 Å². The first-order valence-electron chi connectivity index (χ1n) is 11.6. The highest BCUT2D eigenvalue weighted by atomic mass is 19.1. The number of halogens is 1. The van der Waals surface area contributed by atoms with E-state index in [4.69, 9.17) is 15.6 Å². The van der Waals surface area contributed by atoms with Crippen LogP contribution >= 0.6 is 0 Å². The summed E-state index contributed by atoms with van der Waals surface area (Å²) >= 11 is 0. The average molecular weight is 459 g/mol. The van der Waals surface area contributed by atoms with E-state index in [0.29, 0.717) is 18.2 Å². The molecule has 1 fully saturated rings. The maximum atomic E-state index is 15.4. The van der Waals surface area contributed by atoms with E-state index in [-0.39, 0.29) is 23.2 Å². The number of fused-ring (bicyclic) bond motifs is 1. The molecule has 1 saturated carbocycles. The van der Waals surface area contributed by atoms with E-state index in [1.54, 1.807) is 12.1 Å². The molecule has 2 heterocycles. The predicted molar refractivity (Wildman–Crippen MR) is 129 cm³/mol. The van der Waals surface area contributed by atoms with Crippen molar-refractivity contribution >= 4 is 10.9 Å². The van der Waals surface area contributed by atoms with Gasteiger partial charge in [-0.3, -0.25) is 4.68 Å². The molecule has 1 aliphatic carbocycles. The molecule has 5 rings (SSSR count). The summed E-state index contributed by atoms with van der Waals surface area (Å²) in [5.74, 6) is 0.0371. The minimum absolute atomic E-state index is 0.0117. The van der Waals surface area contributed by atoms with Crippen LogP contribution in [-0.2, 0) is 7.05 Å². The third-order valence-corrected chi connectivity index (χ3v) is 6.64. The number of aryl methyl sites for hydroxylation is 1. The number of rotatable bonds is 5. The molecule has 34 heavy (non-hydrogen) atoms. The standard InChI is InChI=1S/C26H27FN6O/c1-3-34-26-23(16-7-12-22-18(13-16)15-30-32(22)2)25(21-6-4-5-17(14-28)24(21)27)31-33(26)20-10-8-19(29)9-11-20/h4-7,12-13,15,19-20H,3,8-11,29H2,1-2H3. The predicted octanol–water partition coefficient (Wildman–Crippen LogP) is 4.96. The molecule has 0 bridgehead atoms. The van der Waals surface area contributed by atoms with Crippen LogP contribution in [0.5, 0.6) is 5.88 Å². The van der Waals surface area contributed by atoms with Gasteiger partial charge in [0.15, 0.2) is 0 Å². The van der Waals surface area contributed by atoms with E-state index in [2.05, 4.69) is 5.10 Å². The molecular weight excluding hydrogens is 431 g/mol. The highest BCUT2D eigenvalue weighted by molar-refractivity contribution is 5.91. The molecule has 0 atom stereocenters. The molecule has 4 aromatic rings. The van der Waals surface area contributed by atoms with Gasteiger partial charge in [-0.25, -0.2) is 9.07 Å². The summed E-state index contributed by atoms with van der Waals surface area (Å²) in [6.45, 7) is 2.37. The van der Waals surface area contributed by atoms with Crippen molar-refractivity contribution in [3.63, 3.8) is 0 Å². The number of benzene rings is 2. The molecule has 0 radical (unpaired) electrons. The van der Waals surface area contributed by atoms with Crippen LogP contribution in [0.15, 0.2) is 42.6 Å². The Kier molecular flexibility index (Phi) is 5.80. The Hall–Kier alpha value is -3.70. The van der Waals surface area contributed by atoms with Gasteiger partial charge in [-0.05, 0) is 62.4 Å². The Balaban J connectivity index is 1.77. The van der Waals surface area contributed by atoms with Crippen molar-refractivity contribution < 1.29 is 9.13 Å². The molecular formula is C26H27FN6O. The summed E-state index contributed by atoms with van der Waals surface area (Å²) in [5.41, 5.74) is 9.46. The van der Waals surface area contributed by atoms with E-state index >= 15 is 4.39 Å². The Labute approximate surface area is 197 Å². The SMILES string of the molecule is CCOc1c(-c2ccc3c(cnn3C)c2)c(-c2cccc(C#N)c2F)nn1C1CCC(N)CC1. The van der Waals surface area contributed by atoms with Crippen molar-refractivity contribution in [1.82, 2.24) is 19.6 Å². The second-order valence-corrected chi connectivity index (χ2v) is 8.80. The number of aromatic nitrogens is 4. The quantitative estimate of drug-likeness (QED) is 0.456. The maximum absolute atomic E-state index is 15.4. The molecule has 0 saturated heterocycles. The average Bonchev–Trinajstić information content (AvgIpc) is 3.40. The second-order valence-electron chi connectivity index (χ2n) is 8.80. The summed E-state index contributed by atoms with van der Waals surface area (Å²) in [7, 11) is 1.90. The van der Waals surface area contributed by atoms with E-state index in [1.807, 2.05) is 53.8 Å². The van der Waals surface area contributed by atoms with Gasteiger partial charge in [-0.1, -0.05) is 12.1 Å². The lowest BCUT2D eigenvalue weighted by atomic mass is 9.92. The van der Waals surface area contributed by atoms with Crippen LogP contribution in [0.25, 0.3) is 33.3 Å². The minimum atomic E-state index is -0.577. The van der Waals surface area contributed by atoms with E-state index < -0.39 is 5.82 Å². The number of hydrogen-bond donors (Lipinski definition) is 1. The van der Waals surface area contributed by atoms with Crippen LogP contribution in [-0.4, -0.2) is 32.2 Å². The molecule has 2 N–H and O–H groups in total. The van der Waals surface area contributed by atoms with Crippen LogP contribution < -0.4 is 10.5 Å². The molecule has 174 valence electrons. The van der Waals surface area contributed by atoms with E-state index in [1.165, 1.54) is 6.07 Å². The molecule has 0 spiro atoms. The first-order valence-corrected chi connectivity index (χ1v) is 11.6. The van der Waals surface area contributed by atoms with Crippen molar-refractivity contribution in [3.8, 4) is 34.3 Å². The van der Waals surface area contributed by atoms with Crippen LogP contribution in [0, 0.1) is 17.1 Å². The third-order valence-electron chi connectivity index (χ3n) is 6.64. The normalized spacial score (nSPS) is 18.2. The third kappa shape index (κ3) is 3.72. The van der Waals surface area contributed by atoms with E-state index in [9.17, 15) is 5.26 Å². The second kappa shape index (κ2) is 8.92. The van der Waals surface area contributed by atoms with Gasteiger partial charge in [0.05, 0.1) is 35.5 Å². The zero-order valence-electron chi connectivity index (χ0n) is 19.3. The molecule has 8 heteroatoms. The van der Waals surface area contributed by atoms with Gasteiger partial charge in [0.25, 0.3) is 0 Å². The minimum Gasteiger partial charge on any atom is -0.478 e. The summed E-state index contributed by atoms with van der Waals surface area (Å²) in [5, 5.41) is 19.7. The summed E-state index contributed by atoms with van der Waals surface area (Å²) in [6, 6.07) is 13.1. The fraction of sp³-hybridized carbons (Fsp3) is 0.346. The maximum Gasteiger partial charge on any atom is 0.220 e. The lowest BCUT2D eigenvalue weighted by molar-refractivity contribution is 0.248. The van der Waals surface area contributed by atoms with Crippen molar-refractivity contribution in [2.75, 3.05) is 6.61 Å². The van der Waals surface area contributed by atoms with E-state index in [0.717, 1.165) is 47.7 Å². The zero-order chi connectivity index (χ0) is 23.8. The van der Waals surface area contributed by atoms with Gasteiger partial charge in [0.2, 0.25) is 5.88 Å². The van der Waals surface area contributed by atoms with Crippen LogP contribution in [0.1, 0.15) is 44.2 Å². The summed E-state index contributed by atoms with van der Waals surface area (Å²) in [6.07, 6.45) is 5.37. The summed E-state index contributed by atoms with van der Waals surface area (Å²) in [4.78, 5) is 0. The largest absolute Gasteiger partial charge is 0.478 e. The van der Waals surface area contributed by atoms with Gasteiger partial charge in [-0.15, -0.1) is 0 Å². The Morgan fingerprint density at radius 2 is 2.00 bits per heavy atom. The molecule has 0 aliphatic heterocycles. The molecule has 0 amide bonds. The number of nitrogens with two attached hydrogens (primary N) is 1. The fourth-order valence-corrected chi connectivity index (χ4v) is 4.86. The van der Waals surface area contributed by atoms with Crippen LogP contribution in [0.4, 0.5) is 4.39 Å². The Morgan fingerprint density at radius 3 is 2.74 bits per heavy atom. The lowest BCUT2D eigenvalue weighted by Gasteiger charge is -2.27. The number of hydrogen-bond acceptors (Lipinski definition) is 5. The Morgan fingerprint density at radius 1 is 1.21 bits per heavy atom. The highest BCUT2D eigenvalue weighted by Crippen LogP contribution is 2.44. The fourth-order valence-electron chi connectivity index (χ4n) is 4.86. The molecule has 1 aliphatic rings. The molecule has 0 unspecified atom stereocenters. The lowest BCUT2D eigenvalue weighted by Crippen LogP contribution is -2.28. The Bertz CT molecular complexity index is 1390. The monoisotopic (exact) mass is 458 g/mol. The summed E-state index contributed by atoms with van der Waals surface area (Å²) < 4.78 is 25.3. The first kappa shape index (κ1) is 22.1. The smallest absolute Gasteiger partial charge is 0.220 e. The van der Waals surface area contributed by atoms with Gasteiger partial charge < -0.3 is 10.5 Å². The van der Waals surface area contributed by atoms with Gasteiger partial charge in [0, 0.05) is 24.0 Å². The number of nitriles is 1. The molecule has 2 aromatic carbocycles. The number of nitrogens with zero attached hydrogens (tertiary/aromatic N) is 5. The van der Waals surface area contributed by atoms with Crippen molar-refractivity contribution in [1.29, 1.82) is 5.26 Å². The zero-order valence-corrected chi connectivity index (χ0v) is 19.3.